The molecule has 0 bridgehead atoms. The number of rotatable bonds is 10. The molecule has 0 aliphatic rings. The van der Waals surface area contributed by atoms with Crippen LogP contribution in [-0.4, -0.2) is 17.7 Å². The van der Waals surface area contributed by atoms with Crippen LogP contribution < -0.4 is 16.0 Å². The van der Waals surface area contributed by atoms with E-state index >= 15 is 0 Å². The van der Waals surface area contributed by atoms with Crippen LogP contribution in [0.15, 0.2) is 138 Å². The molecule has 5 aromatic carbocycles. The molecule has 5 rings (SSSR count). The maximum atomic E-state index is 13.5. The quantitative estimate of drug-likeness (QED) is 0.103. The highest BCUT2D eigenvalue weighted by Crippen LogP contribution is 2.38. The minimum atomic E-state index is -0.603. The van der Waals surface area contributed by atoms with E-state index < -0.39 is 17.1 Å². The Hall–Kier alpha value is -4.82. The van der Waals surface area contributed by atoms with Crippen molar-refractivity contribution < 1.29 is 14.4 Å². The highest BCUT2D eigenvalue weighted by atomic mass is 35.5. The van der Waals surface area contributed by atoms with E-state index in [2.05, 4.69) is 16.0 Å². The third-order valence-electron chi connectivity index (χ3n) is 6.80. The van der Waals surface area contributed by atoms with Crippen molar-refractivity contribution in [1.82, 2.24) is 5.32 Å². The number of halogens is 2. The van der Waals surface area contributed by atoms with Crippen molar-refractivity contribution in [3.05, 3.63) is 165 Å². The van der Waals surface area contributed by atoms with Crippen LogP contribution in [0.3, 0.4) is 0 Å². The molecule has 6 nitrogen and oxygen atoms in total. The summed E-state index contributed by atoms with van der Waals surface area (Å²) in [5.74, 6) is -1.14. The van der Waals surface area contributed by atoms with Gasteiger partial charge in [-0.1, -0.05) is 108 Å². The maximum absolute atomic E-state index is 13.5. The van der Waals surface area contributed by atoms with Crippen molar-refractivity contribution in [3.8, 4) is 0 Å². The number of carbonyl (C=O) groups is 3. The fourth-order valence-electron chi connectivity index (χ4n) is 4.52. The number of hydrogen-bond acceptors (Lipinski definition) is 4. The molecule has 1 atom stereocenters. The van der Waals surface area contributed by atoms with Crippen molar-refractivity contribution in [3.63, 3.8) is 0 Å². The predicted molar refractivity (Wildman–Crippen MR) is 188 cm³/mol. The Balaban J connectivity index is 1.33. The number of anilines is 2. The number of thioether (sulfide) groups is 1. The first-order valence-electron chi connectivity index (χ1n) is 14.3. The Kier molecular flexibility index (Phi) is 10.9. The van der Waals surface area contributed by atoms with Crippen LogP contribution in [0, 0.1) is 6.92 Å². The van der Waals surface area contributed by atoms with Gasteiger partial charge in [0, 0.05) is 16.1 Å². The molecule has 0 saturated heterocycles. The Morgan fingerprint density at radius 3 is 2.11 bits per heavy atom. The van der Waals surface area contributed by atoms with E-state index in [4.69, 9.17) is 23.2 Å². The number of nitrogens with one attached hydrogen (secondary N) is 3. The number of benzene rings is 5. The summed E-state index contributed by atoms with van der Waals surface area (Å²) in [6.45, 7) is 1.96. The van der Waals surface area contributed by atoms with E-state index in [1.54, 1.807) is 60.7 Å². The lowest BCUT2D eigenvalue weighted by atomic mass is 10.1. The van der Waals surface area contributed by atoms with Crippen molar-refractivity contribution in [1.29, 1.82) is 0 Å². The maximum Gasteiger partial charge on any atom is 0.272 e. The summed E-state index contributed by atoms with van der Waals surface area (Å²) in [6, 6.07) is 37.9. The first-order chi connectivity index (χ1) is 22.3. The van der Waals surface area contributed by atoms with Gasteiger partial charge in [0.1, 0.15) is 10.9 Å². The Bertz CT molecular complexity index is 1880. The molecule has 1 unspecified atom stereocenters. The van der Waals surface area contributed by atoms with Crippen molar-refractivity contribution in [2.24, 2.45) is 0 Å². The molecule has 0 aliphatic carbocycles. The third kappa shape index (κ3) is 8.67. The second-order valence-electron chi connectivity index (χ2n) is 10.3. The monoisotopic (exact) mass is 665 g/mol. The standard InChI is InChI=1S/C37H29Cl2N3O3S/c1-24-10-8-11-25(22-24)23-32(42-35(43)27-14-6-3-7-15-27)36(44)40-28-18-20-29(21-19-28)46-34(26-12-4-2-5-13-26)37(45)41-31-17-9-16-30(38)33(31)39/h2-23,34H,1H3,(H,40,44)(H,41,45)(H,42,43)/b32-23-. The summed E-state index contributed by atoms with van der Waals surface area (Å²) >= 11 is 13.8. The molecule has 46 heavy (non-hydrogen) atoms. The Morgan fingerprint density at radius 1 is 0.739 bits per heavy atom. The highest BCUT2D eigenvalue weighted by molar-refractivity contribution is 8.00. The van der Waals surface area contributed by atoms with Crippen LogP contribution in [-0.2, 0) is 9.59 Å². The summed E-state index contributed by atoms with van der Waals surface area (Å²) in [4.78, 5) is 40.7. The largest absolute Gasteiger partial charge is 0.323 e. The van der Waals surface area contributed by atoms with E-state index in [1.165, 1.54) is 11.8 Å². The molecule has 0 aromatic heterocycles. The normalized spacial score (nSPS) is 11.8. The lowest BCUT2D eigenvalue weighted by Gasteiger charge is -2.18. The average Bonchev–Trinajstić information content (AvgIpc) is 3.07. The van der Waals surface area contributed by atoms with Gasteiger partial charge < -0.3 is 16.0 Å². The van der Waals surface area contributed by atoms with Gasteiger partial charge in [0.05, 0.1) is 15.7 Å². The molecule has 0 heterocycles. The van der Waals surface area contributed by atoms with Crippen LogP contribution >= 0.6 is 35.0 Å². The van der Waals surface area contributed by atoms with E-state index in [0.29, 0.717) is 22.0 Å². The zero-order valence-corrected chi connectivity index (χ0v) is 27.0. The van der Waals surface area contributed by atoms with E-state index in [1.807, 2.05) is 79.7 Å². The van der Waals surface area contributed by atoms with Gasteiger partial charge in [-0.2, -0.15) is 0 Å². The van der Waals surface area contributed by atoms with Crippen LogP contribution in [0.4, 0.5) is 11.4 Å². The molecule has 3 N–H and O–H groups in total. The fourth-order valence-corrected chi connectivity index (χ4v) is 5.89. The molecule has 0 saturated carbocycles. The topological polar surface area (TPSA) is 87.3 Å². The minimum Gasteiger partial charge on any atom is -0.323 e. The van der Waals surface area contributed by atoms with Crippen molar-refractivity contribution in [2.75, 3.05) is 10.6 Å². The number of carbonyl (C=O) groups excluding carboxylic acids is 3. The van der Waals surface area contributed by atoms with E-state index in [0.717, 1.165) is 21.6 Å². The first kappa shape index (κ1) is 32.6. The van der Waals surface area contributed by atoms with Gasteiger partial charge >= 0.3 is 0 Å². The molecule has 0 fully saturated rings. The molecule has 9 heteroatoms. The number of amides is 3. The van der Waals surface area contributed by atoms with Crippen LogP contribution in [0.25, 0.3) is 6.08 Å². The zero-order chi connectivity index (χ0) is 32.5. The molecule has 3 amide bonds. The third-order valence-corrected chi connectivity index (χ3v) is 8.88. The number of hydrogen-bond donors (Lipinski definition) is 3. The van der Waals surface area contributed by atoms with Gasteiger partial charge in [-0.15, -0.1) is 11.8 Å². The smallest absolute Gasteiger partial charge is 0.272 e. The Labute approximate surface area is 281 Å². The van der Waals surface area contributed by atoms with Crippen molar-refractivity contribution in [2.45, 2.75) is 17.1 Å². The molecule has 0 aliphatic heterocycles. The number of aryl methyl sites for hydroxylation is 1. The molecule has 5 aromatic rings. The summed E-state index contributed by atoms with van der Waals surface area (Å²) in [5, 5.41) is 8.54. The lowest BCUT2D eigenvalue weighted by molar-refractivity contribution is -0.116. The minimum absolute atomic E-state index is 0.0957. The molecule has 230 valence electrons. The van der Waals surface area contributed by atoms with Gasteiger partial charge in [-0.3, -0.25) is 14.4 Å². The highest BCUT2D eigenvalue weighted by Gasteiger charge is 2.23. The van der Waals surface area contributed by atoms with Gasteiger partial charge in [0.15, 0.2) is 0 Å². The predicted octanol–water partition coefficient (Wildman–Crippen LogP) is 9.18. The van der Waals surface area contributed by atoms with Gasteiger partial charge in [-0.05, 0) is 72.7 Å². The lowest BCUT2D eigenvalue weighted by Crippen LogP contribution is -2.30. The SMILES string of the molecule is Cc1cccc(/C=C(\NC(=O)c2ccccc2)C(=O)Nc2ccc(SC(C(=O)Nc3cccc(Cl)c3Cl)c3ccccc3)cc2)c1. The van der Waals surface area contributed by atoms with Crippen LogP contribution in [0.1, 0.15) is 32.3 Å². The average molecular weight is 667 g/mol. The van der Waals surface area contributed by atoms with Gasteiger partial charge in [0.2, 0.25) is 5.91 Å². The molecule has 0 radical (unpaired) electrons. The summed E-state index contributed by atoms with van der Waals surface area (Å²) in [6.07, 6.45) is 1.64. The fraction of sp³-hybridized carbons (Fsp3) is 0.0541. The van der Waals surface area contributed by atoms with Crippen LogP contribution in [0.2, 0.25) is 10.0 Å². The van der Waals surface area contributed by atoms with E-state index in [9.17, 15) is 14.4 Å². The molecular formula is C37H29Cl2N3O3S. The summed E-state index contributed by atoms with van der Waals surface area (Å²) in [5.41, 5.74) is 4.07. The van der Waals surface area contributed by atoms with Crippen LogP contribution in [0.5, 0.6) is 0 Å². The zero-order valence-electron chi connectivity index (χ0n) is 24.7. The van der Waals surface area contributed by atoms with Gasteiger partial charge in [-0.25, -0.2) is 0 Å². The summed E-state index contributed by atoms with van der Waals surface area (Å²) in [7, 11) is 0. The molecule has 0 spiro atoms. The second kappa shape index (κ2) is 15.5. The first-order valence-corrected chi connectivity index (χ1v) is 15.9. The Morgan fingerprint density at radius 2 is 1.41 bits per heavy atom. The van der Waals surface area contributed by atoms with Gasteiger partial charge in [0.25, 0.3) is 11.8 Å². The second-order valence-corrected chi connectivity index (χ2v) is 12.2. The summed E-state index contributed by atoms with van der Waals surface area (Å²) < 4.78 is 0. The molecular weight excluding hydrogens is 637 g/mol. The van der Waals surface area contributed by atoms with Crippen molar-refractivity contribution >= 4 is 70.1 Å². The van der Waals surface area contributed by atoms with E-state index in [-0.39, 0.29) is 16.6 Å².